The van der Waals surface area contributed by atoms with Crippen molar-refractivity contribution in [2.24, 2.45) is 0 Å². The molecule has 0 aromatic carbocycles. The molecule has 0 saturated heterocycles. The van der Waals surface area contributed by atoms with Crippen molar-refractivity contribution in [1.82, 2.24) is 0 Å². The van der Waals surface area contributed by atoms with Crippen LogP contribution >= 0.6 is 7.82 Å². The van der Waals surface area contributed by atoms with Crippen LogP contribution in [0.3, 0.4) is 0 Å². The van der Waals surface area contributed by atoms with Gasteiger partial charge in [-0.2, -0.15) is 0 Å². The average Bonchev–Trinajstić information content (AvgIpc) is 3.03. The smallest absolute Gasteiger partial charge is 0.462 e. The monoisotopic (exact) mass is 684 g/mol. The summed E-state index contributed by atoms with van der Waals surface area (Å²) in [4.78, 5) is 42.7. The fourth-order valence-corrected chi connectivity index (χ4v) is 5.39. The van der Waals surface area contributed by atoms with Gasteiger partial charge in [0.05, 0.1) is 6.61 Å². The summed E-state index contributed by atoms with van der Waals surface area (Å²) in [5, 5.41) is 0. The van der Waals surface area contributed by atoms with Crippen LogP contribution in [0.15, 0.2) is 36.5 Å². The second-order valence-electron chi connectivity index (χ2n) is 12.5. The number of hydrogen-bond acceptors (Lipinski definition) is 6. The molecule has 0 rings (SSSR count). The minimum absolute atomic E-state index is 0.193. The number of phosphoric acid groups is 1. The molecule has 0 saturated carbocycles. The second kappa shape index (κ2) is 34.1. The van der Waals surface area contributed by atoms with Crippen LogP contribution in [-0.4, -0.2) is 41.0 Å². The summed E-state index contributed by atoms with van der Waals surface area (Å²) < 4.78 is 26.3. The van der Waals surface area contributed by atoms with Crippen LogP contribution in [0.4, 0.5) is 0 Å². The van der Waals surface area contributed by atoms with Gasteiger partial charge in [-0.1, -0.05) is 134 Å². The van der Waals surface area contributed by atoms with Gasteiger partial charge < -0.3 is 19.3 Å². The summed E-state index contributed by atoms with van der Waals surface area (Å²) >= 11 is 0. The summed E-state index contributed by atoms with van der Waals surface area (Å²) in [7, 11) is -4.75. The predicted molar refractivity (Wildman–Crippen MR) is 193 cm³/mol. The molecule has 0 aromatic heterocycles. The van der Waals surface area contributed by atoms with E-state index in [1.165, 1.54) is 64.2 Å². The number of allylic oxidation sites excluding steroid dienone is 6. The Balaban J connectivity index is 4.01. The first-order valence-electron chi connectivity index (χ1n) is 18.8. The number of rotatable bonds is 34. The molecule has 0 spiro atoms. The number of ether oxygens (including phenoxy) is 2. The van der Waals surface area contributed by atoms with E-state index in [-0.39, 0.29) is 19.4 Å². The van der Waals surface area contributed by atoms with Crippen molar-refractivity contribution < 1.29 is 37.9 Å². The molecule has 0 fully saturated rings. The van der Waals surface area contributed by atoms with Crippen molar-refractivity contribution in [1.29, 1.82) is 0 Å². The predicted octanol–water partition coefficient (Wildman–Crippen LogP) is 11.0. The molecule has 274 valence electrons. The highest BCUT2D eigenvalue weighted by Crippen LogP contribution is 2.36. The quantitative estimate of drug-likeness (QED) is 0.0297. The molecule has 0 aliphatic carbocycles. The third-order valence-electron chi connectivity index (χ3n) is 7.88. The Morgan fingerprint density at radius 1 is 0.553 bits per heavy atom. The summed E-state index contributed by atoms with van der Waals surface area (Å²) in [6.07, 6.45) is 38.6. The van der Waals surface area contributed by atoms with Crippen LogP contribution in [0.25, 0.3) is 0 Å². The lowest BCUT2D eigenvalue weighted by molar-refractivity contribution is -0.161. The van der Waals surface area contributed by atoms with E-state index in [0.29, 0.717) is 12.8 Å². The molecular weight excluding hydrogens is 615 g/mol. The first-order chi connectivity index (χ1) is 22.8. The Morgan fingerprint density at radius 2 is 0.979 bits per heavy atom. The van der Waals surface area contributed by atoms with Gasteiger partial charge in [0.2, 0.25) is 0 Å². The first-order valence-corrected chi connectivity index (χ1v) is 20.3. The molecule has 0 aromatic rings. The minimum Gasteiger partial charge on any atom is -0.462 e. The van der Waals surface area contributed by atoms with Gasteiger partial charge in [0.15, 0.2) is 6.10 Å². The molecule has 0 aliphatic rings. The number of esters is 2. The van der Waals surface area contributed by atoms with Gasteiger partial charge in [0.1, 0.15) is 6.61 Å². The van der Waals surface area contributed by atoms with Crippen LogP contribution in [0.1, 0.15) is 174 Å². The van der Waals surface area contributed by atoms with Crippen molar-refractivity contribution in [2.45, 2.75) is 180 Å². The van der Waals surface area contributed by atoms with Gasteiger partial charge in [0.25, 0.3) is 0 Å². The highest BCUT2D eigenvalue weighted by molar-refractivity contribution is 7.46. The highest BCUT2D eigenvalue weighted by Gasteiger charge is 2.22. The molecule has 8 nitrogen and oxygen atoms in total. The molecule has 0 unspecified atom stereocenters. The van der Waals surface area contributed by atoms with Crippen LogP contribution in [-0.2, 0) is 28.2 Å². The Bertz CT molecular complexity index is 864. The maximum atomic E-state index is 12.3. The molecule has 9 heteroatoms. The van der Waals surface area contributed by atoms with Crippen molar-refractivity contribution >= 4 is 19.8 Å². The maximum Gasteiger partial charge on any atom is 0.469 e. The molecule has 0 heterocycles. The zero-order valence-electron chi connectivity index (χ0n) is 29.9. The topological polar surface area (TPSA) is 119 Å². The van der Waals surface area contributed by atoms with Crippen LogP contribution in [0.5, 0.6) is 0 Å². The van der Waals surface area contributed by atoms with E-state index < -0.39 is 32.5 Å². The normalized spacial score (nSPS) is 12.9. The van der Waals surface area contributed by atoms with E-state index in [0.717, 1.165) is 70.6 Å². The van der Waals surface area contributed by atoms with Gasteiger partial charge in [-0.3, -0.25) is 14.1 Å². The van der Waals surface area contributed by atoms with Crippen LogP contribution < -0.4 is 0 Å². The number of unbranched alkanes of at least 4 members (excludes halogenated alkanes) is 18. The lowest BCUT2D eigenvalue weighted by Crippen LogP contribution is -2.29. The average molecular weight is 685 g/mol. The molecule has 0 bridgehead atoms. The highest BCUT2D eigenvalue weighted by atomic mass is 31.2. The zero-order valence-corrected chi connectivity index (χ0v) is 30.8. The van der Waals surface area contributed by atoms with E-state index in [4.69, 9.17) is 19.3 Å². The Hall–Kier alpha value is -1.73. The number of hydrogen-bond donors (Lipinski definition) is 2. The van der Waals surface area contributed by atoms with Crippen LogP contribution in [0, 0.1) is 0 Å². The lowest BCUT2D eigenvalue weighted by Gasteiger charge is -2.18. The van der Waals surface area contributed by atoms with Crippen molar-refractivity contribution in [3.05, 3.63) is 36.5 Å². The Kier molecular flexibility index (Phi) is 32.9. The molecule has 0 amide bonds. The lowest BCUT2D eigenvalue weighted by atomic mass is 10.1. The van der Waals surface area contributed by atoms with Gasteiger partial charge in [-0.05, 0) is 64.2 Å². The summed E-state index contributed by atoms with van der Waals surface area (Å²) in [5.41, 5.74) is 0. The standard InChI is InChI=1S/C38H69O8P/c1-3-5-7-9-11-13-15-17-19-21-22-24-26-28-30-32-37(39)44-34-36(35-45-47(41,42)43)46-38(40)33-31-29-27-25-23-20-18-16-14-12-10-8-6-4-2/h10,12,16,18,21-22,36H,3-9,11,13-15,17,19-20,23-35H2,1-2H3,(H2,41,42,43)/b12-10+,18-16+,22-21+/t36-/m1/s1. The number of carbonyl (C=O) groups is 2. The molecular formula is C38H69O8P. The maximum absolute atomic E-state index is 12.3. The SMILES string of the molecule is CCCC/C=C/C/C=C/CCCCCCCC(=O)O[C@H](COC(=O)CCCCC/C=C/CCCCCCCCCC)COP(=O)(O)O. The van der Waals surface area contributed by atoms with Crippen molar-refractivity contribution in [3.8, 4) is 0 Å². The van der Waals surface area contributed by atoms with Gasteiger partial charge in [0, 0.05) is 12.8 Å². The van der Waals surface area contributed by atoms with E-state index in [1.54, 1.807) is 0 Å². The van der Waals surface area contributed by atoms with E-state index in [9.17, 15) is 14.2 Å². The Morgan fingerprint density at radius 3 is 1.51 bits per heavy atom. The third kappa shape index (κ3) is 36.9. The van der Waals surface area contributed by atoms with Crippen molar-refractivity contribution in [3.63, 3.8) is 0 Å². The summed E-state index contributed by atoms with van der Waals surface area (Å²) in [5.74, 6) is -0.920. The minimum atomic E-state index is -4.75. The van der Waals surface area contributed by atoms with Gasteiger partial charge in [-0.25, -0.2) is 4.57 Å². The van der Waals surface area contributed by atoms with Gasteiger partial charge >= 0.3 is 19.8 Å². The van der Waals surface area contributed by atoms with E-state index in [2.05, 4.69) is 54.8 Å². The first kappa shape index (κ1) is 45.3. The van der Waals surface area contributed by atoms with Crippen LogP contribution in [0.2, 0.25) is 0 Å². The largest absolute Gasteiger partial charge is 0.469 e. The molecule has 1 atom stereocenters. The third-order valence-corrected chi connectivity index (χ3v) is 8.37. The molecule has 2 N–H and O–H groups in total. The fraction of sp³-hybridized carbons (Fsp3) is 0.789. The molecule has 47 heavy (non-hydrogen) atoms. The van der Waals surface area contributed by atoms with E-state index in [1.807, 2.05) is 0 Å². The van der Waals surface area contributed by atoms with Gasteiger partial charge in [-0.15, -0.1) is 0 Å². The molecule has 0 radical (unpaired) electrons. The fourth-order valence-electron chi connectivity index (χ4n) is 5.03. The van der Waals surface area contributed by atoms with Crippen molar-refractivity contribution in [2.75, 3.05) is 13.2 Å². The Labute approximate surface area is 287 Å². The summed E-state index contributed by atoms with van der Waals surface area (Å²) in [6, 6.07) is 0. The second-order valence-corrected chi connectivity index (χ2v) is 13.8. The molecule has 0 aliphatic heterocycles. The zero-order chi connectivity index (χ0) is 34.7. The number of carbonyl (C=O) groups excluding carboxylic acids is 2. The summed E-state index contributed by atoms with van der Waals surface area (Å²) in [6.45, 7) is 3.60. The number of phosphoric ester groups is 1. The van der Waals surface area contributed by atoms with E-state index >= 15 is 0 Å².